The summed E-state index contributed by atoms with van der Waals surface area (Å²) in [5, 5.41) is 0. The lowest BCUT2D eigenvalue weighted by molar-refractivity contribution is -0.149. The van der Waals surface area contributed by atoms with E-state index in [2.05, 4.69) is 48.3 Å². The van der Waals surface area contributed by atoms with Gasteiger partial charge in [-0.2, -0.15) is 0 Å². The van der Waals surface area contributed by atoms with E-state index in [0.717, 1.165) is 103 Å². The lowest BCUT2D eigenvalue weighted by Gasteiger charge is -2.22. The number of imidazole rings is 1. The highest BCUT2D eigenvalue weighted by Gasteiger charge is 2.19. The molecule has 53 heavy (non-hydrogen) atoms. The minimum atomic E-state index is -0.0112. The molecule has 1 aromatic heterocycles. The Bertz CT molecular complexity index is 951. The topological polar surface area (TPSA) is 73.7 Å². The third-order valence-corrected chi connectivity index (χ3v) is 10.9. The van der Waals surface area contributed by atoms with Gasteiger partial charge in [-0.15, -0.1) is 0 Å². The van der Waals surface area contributed by atoms with Gasteiger partial charge in [-0.1, -0.05) is 156 Å². The van der Waals surface area contributed by atoms with Crippen LogP contribution >= 0.6 is 0 Å². The van der Waals surface area contributed by atoms with Crippen molar-refractivity contribution in [2.24, 2.45) is 5.92 Å². The minimum absolute atomic E-state index is 0.0112. The van der Waals surface area contributed by atoms with Crippen molar-refractivity contribution in [3.63, 3.8) is 0 Å². The summed E-state index contributed by atoms with van der Waals surface area (Å²) in [5.41, 5.74) is 0. The summed E-state index contributed by atoms with van der Waals surface area (Å²) in [6, 6.07) is 0. The molecule has 0 aliphatic heterocycles. The first kappa shape index (κ1) is 49.1. The van der Waals surface area contributed by atoms with E-state index < -0.39 is 0 Å². The van der Waals surface area contributed by atoms with Gasteiger partial charge in [0.25, 0.3) is 0 Å². The van der Waals surface area contributed by atoms with Gasteiger partial charge in [0.1, 0.15) is 5.82 Å². The van der Waals surface area contributed by atoms with Gasteiger partial charge in [0, 0.05) is 25.4 Å². The minimum Gasteiger partial charge on any atom is -0.466 e. The van der Waals surface area contributed by atoms with Gasteiger partial charge in [-0.3, -0.25) is 9.59 Å². The molecule has 7 heteroatoms. The third kappa shape index (κ3) is 30.1. The summed E-state index contributed by atoms with van der Waals surface area (Å²) in [5.74, 6) is 1.25. The smallest absolute Gasteiger partial charge is 0.308 e. The number of aromatic nitrogens is 2. The van der Waals surface area contributed by atoms with E-state index in [1.54, 1.807) is 0 Å². The predicted octanol–water partition coefficient (Wildman–Crippen LogP) is 13.0. The molecule has 7 nitrogen and oxygen atoms in total. The van der Waals surface area contributed by atoms with Crippen LogP contribution in [0.25, 0.3) is 0 Å². The summed E-state index contributed by atoms with van der Waals surface area (Å²) in [4.78, 5) is 32.0. The summed E-state index contributed by atoms with van der Waals surface area (Å²) in [6.45, 7) is 14.4. The number of hydrogen-bond donors (Lipinski definition) is 0. The molecular formula is C46H87N3O4. The highest BCUT2D eigenvalue weighted by atomic mass is 16.5. The van der Waals surface area contributed by atoms with Crippen molar-refractivity contribution in [1.82, 2.24) is 14.5 Å². The maximum absolute atomic E-state index is 13.0. The SMILES string of the molecule is CCCCCCCCC(=O)OCCCCCCCCN(CCCCCCOC(=O)C(CCCCCC)CCCCCCCC)CCCn1ccnc1C. The maximum Gasteiger partial charge on any atom is 0.308 e. The number of hydrogen-bond acceptors (Lipinski definition) is 6. The van der Waals surface area contributed by atoms with Crippen molar-refractivity contribution in [2.45, 2.75) is 227 Å². The molecule has 0 spiro atoms. The van der Waals surface area contributed by atoms with Crippen molar-refractivity contribution in [1.29, 1.82) is 0 Å². The summed E-state index contributed by atoms with van der Waals surface area (Å²) >= 11 is 0. The van der Waals surface area contributed by atoms with Crippen LogP contribution < -0.4 is 0 Å². The molecule has 0 saturated heterocycles. The standard InChI is InChI=1S/C46H87N3O4/c1-5-8-11-14-18-25-33-44(32-24-13-10-7-3)46(51)53-42-30-23-21-28-37-48(38-31-39-49-40-35-47-43(49)4)36-27-20-16-17-22-29-41-52-45(50)34-26-19-15-12-9-6-2/h35,40,44H,5-34,36-39,41-42H2,1-4H3. The zero-order chi connectivity index (χ0) is 38.5. The van der Waals surface area contributed by atoms with Crippen LogP contribution in [-0.4, -0.2) is 59.2 Å². The number of aryl methyl sites for hydroxylation is 2. The van der Waals surface area contributed by atoms with E-state index in [0.29, 0.717) is 19.6 Å². The maximum atomic E-state index is 13.0. The van der Waals surface area contributed by atoms with Crippen LogP contribution in [-0.2, 0) is 25.6 Å². The van der Waals surface area contributed by atoms with Crippen LogP contribution in [0.15, 0.2) is 12.4 Å². The lowest BCUT2D eigenvalue weighted by Crippen LogP contribution is -2.28. The van der Waals surface area contributed by atoms with E-state index in [4.69, 9.17) is 9.47 Å². The molecule has 0 radical (unpaired) electrons. The van der Waals surface area contributed by atoms with Crippen molar-refractivity contribution >= 4 is 11.9 Å². The number of nitrogens with zero attached hydrogens (tertiary/aromatic N) is 3. The molecule has 0 fully saturated rings. The Morgan fingerprint density at radius 2 is 1.04 bits per heavy atom. The lowest BCUT2D eigenvalue weighted by atomic mass is 9.94. The van der Waals surface area contributed by atoms with Gasteiger partial charge in [0.05, 0.1) is 19.1 Å². The van der Waals surface area contributed by atoms with Crippen molar-refractivity contribution in [2.75, 3.05) is 32.8 Å². The molecule has 0 saturated carbocycles. The Labute approximate surface area is 328 Å². The van der Waals surface area contributed by atoms with E-state index in [-0.39, 0.29) is 17.9 Å². The molecular weight excluding hydrogens is 659 g/mol. The zero-order valence-corrected chi connectivity index (χ0v) is 35.7. The van der Waals surface area contributed by atoms with E-state index in [9.17, 15) is 9.59 Å². The normalized spacial score (nSPS) is 12.1. The van der Waals surface area contributed by atoms with Gasteiger partial charge in [0.15, 0.2) is 0 Å². The van der Waals surface area contributed by atoms with Crippen LogP contribution in [0.4, 0.5) is 0 Å². The molecule has 0 aliphatic rings. The molecule has 0 amide bonds. The molecule has 1 unspecified atom stereocenters. The summed E-state index contributed by atoms with van der Waals surface area (Å²) in [6.07, 6.45) is 39.1. The van der Waals surface area contributed by atoms with Crippen molar-refractivity contribution < 1.29 is 19.1 Å². The van der Waals surface area contributed by atoms with E-state index >= 15 is 0 Å². The van der Waals surface area contributed by atoms with Gasteiger partial charge in [-0.05, 0) is 77.9 Å². The average Bonchev–Trinajstić information content (AvgIpc) is 3.57. The fourth-order valence-electron chi connectivity index (χ4n) is 7.34. The fraction of sp³-hybridized carbons (Fsp3) is 0.891. The first-order valence-electron chi connectivity index (χ1n) is 23.0. The van der Waals surface area contributed by atoms with Gasteiger partial charge in [-0.25, -0.2) is 4.98 Å². The first-order valence-corrected chi connectivity index (χ1v) is 23.0. The molecule has 0 N–H and O–H groups in total. The predicted molar refractivity (Wildman–Crippen MR) is 224 cm³/mol. The molecule has 0 aromatic carbocycles. The number of carbonyl (C=O) groups excluding carboxylic acids is 2. The Morgan fingerprint density at radius 3 is 1.58 bits per heavy atom. The molecule has 0 aliphatic carbocycles. The molecule has 310 valence electrons. The Balaban J connectivity index is 2.27. The number of unbranched alkanes of at least 4 members (excludes halogenated alkanes) is 21. The first-order chi connectivity index (χ1) is 26.0. The molecule has 0 bridgehead atoms. The van der Waals surface area contributed by atoms with Crippen molar-refractivity contribution in [3.05, 3.63) is 18.2 Å². The van der Waals surface area contributed by atoms with Crippen LogP contribution in [0.1, 0.15) is 219 Å². The van der Waals surface area contributed by atoms with E-state index in [1.165, 1.54) is 116 Å². The quantitative estimate of drug-likeness (QED) is 0.0492. The Morgan fingerprint density at radius 1 is 0.585 bits per heavy atom. The van der Waals surface area contributed by atoms with Gasteiger partial charge in [0.2, 0.25) is 0 Å². The average molecular weight is 746 g/mol. The van der Waals surface area contributed by atoms with Crippen LogP contribution in [0.5, 0.6) is 0 Å². The second-order valence-electron chi connectivity index (χ2n) is 15.9. The van der Waals surface area contributed by atoms with E-state index in [1.807, 2.05) is 6.20 Å². The second-order valence-corrected chi connectivity index (χ2v) is 15.9. The van der Waals surface area contributed by atoms with Crippen molar-refractivity contribution in [3.8, 4) is 0 Å². The second kappa shape index (κ2) is 37.1. The Kier molecular flexibility index (Phi) is 34.3. The van der Waals surface area contributed by atoms with Crippen LogP contribution in [0.2, 0.25) is 0 Å². The summed E-state index contributed by atoms with van der Waals surface area (Å²) in [7, 11) is 0. The highest BCUT2D eigenvalue weighted by Crippen LogP contribution is 2.21. The molecule has 1 heterocycles. The number of rotatable bonds is 40. The number of ether oxygens (including phenoxy) is 2. The molecule has 1 rings (SSSR count). The Hall–Kier alpha value is -1.89. The number of esters is 2. The summed E-state index contributed by atoms with van der Waals surface area (Å²) < 4.78 is 13.6. The van der Waals surface area contributed by atoms with Gasteiger partial charge < -0.3 is 18.9 Å². The monoisotopic (exact) mass is 746 g/mol. The fourth-order valence-corrected chi connectivity index (χ4v) is 7.34. The number of carbonyl (C=O) groups is 2. The zero-order valence-electron chi connectivity index (χ0n) is 35.7. The third-order valence-electron chi connectivity index (χ3n) is 10.9. The largest absolute Gasteiger partial charge is 0.466 e. The molecule has 1 atom stereocenters. The molecule has 1 aromatic rings. The highest BCUT2D eigenvalue weighted by molar-refractivity contribution is 5.72. The van der Waals surface area contributed by atoms with Crippen LogP contribution in [0, 0.1) is 12.8 Å². The van der Waals surface area contributed by atoms with Crippen LogP contribution in [0.3, 0.4) is 0 Å². The van der Waals surface area contributed by atoms with Gasteiger partial charge >= 0.3 is 11.9 Å².